The first kappa shape index (κ1) is 11.5. The van der Waals surface area contributed by atoms with Crippen molar-refractivity contribution >= 4 is 23.4 Å². The minimum atomic E-state index is 0.623. The van der Waals surface area contributed by atoms with Gasteiger partial charge >= 0.3 is 0 Å². The highest BCUT2D eigenvalue weighted by Gasteiger charge is 2.09. The Balaban J connectivity index is 2.27. The van der Waals surface area contributed by atoms with Crippen molar-refractivity contribution in [2.45, 2.75) is 5.16 Å². The van der Waals surface area contributed by atoms with Crippen LogP contribution in [0.4, 0.5) is 0 Å². The number of thioether (sulfide) groups is 1. The Kier molecular flexibility index (Phi) is 3.85. The van der Waals surface area contributed by atoms with Crippen molar-refractivity contribution < 1.29 is 0 Å². The van der Waals surface area contributed by atoms with E-state index in [9.17, 15) is 0 Å². The van der Waals surface area contributed by atoms with E-state index in [0.717, 1.165) is 22.3 Å². The van der Waals surface area contributed by atoms with Gasteiger partial charge < -0.3 is 4.57 Å². The standard InChI is InChI=1S/C11H12ClN3S/c1-15-10(9-5-3-2-4-6-9)13-14-11(15)16-8-7-12/h2-6H,7-8H2,1H3. The monoisotopic (exact) mass is 253 g/mol. The summed E-state index contributed by atoms with van der Waals surface area (Å²) in [6.07, 6.45) is 0. The molecule has 0 aliphatic rings. The minimum absolute atomic E-state index is 0.623. The molecule has 0 saturated heterocycles. The second-order valence-electron chi connectivity index (χ2n) is 3.27. The van der Waals surface area contributed by atoms with Crippen LogP contribution in [0.5, 0.6) is 0 Å². The summed E-state index contributed by atoms with van der Waals surface area (Å²) >= 11 is 7.27. The summed E-state index contributed by atoms with van der Waals surface area (Å²) in [6.45, 7) is 0. The summed E-state index contributed by atoms with van der Waals surface area (Å²) in [5.41, 5.74) is 1.08. The first-order valence-corrected chi connectivity index (χ1v) is 6.48. The van der Waals surface area contributed by atoms with Crippen LogP contribution in [0.2, 0.25) is 0 Å². The molecule has 0 atom stereocenters. The van der Waals surface area contributed by atoms with Crippen molar-refractivity contribution in [3.8, 4) is 11.4 Å². The predicted octanol–water partition coefficient (Wildman–Crippen LogP) is 2.81. The van der Waals surface area contributed by atoms with E-state index in [1.165, 1.54) is 0 Å². The Morgan fingerprint density at radius 2 is 2.00 bits per heavy atom. The maximum Gasteiger partial charge on any atom is 0.191 e. The highest BCUT2D eigenvalue weighted by atomic mass is 35.5. The Hall–Kier alpha value is -1.00. The normalized spacial score (nSPS) is 10.6. The van der Waals surface area contributed by atoms with Crippen molar-refractivity contribution in [3.63, 3.8) is 0 Å². The molecule has 0 bridgehead atoms. The molecular weight excluding hydrogens is 242 g/mol. The second kappa shape index (κ2) is 5.37. The quantitative estimate of drug-likeness (QED) is 0.620. The van der Waals surface area contributed by atoms with Crippen LogP contribution in [-0.4, -0.2) is 26.4 Å². The van der Waals surface area contributed by atoms with Crippen molar-refractivity contribution in [1.29, 1.82) is 0 Å². The molecule has 0 aliphatic heterocycles. The number of halogens is 1. The average molecular weight is 254 g/mol. The molecule has 0 radical (unpaired) electrons. The number of hydrogen-bond donors (Lipinski definition) is 0. The topological polar surface area (TPSA) is 30.7 Å². The predicted molar refractivity (Wildman–Crippen MR) is 67.9 cm³/mol. The molecule has 0 fully saturated rings. The third-order valence-corrected chi connectivity index (χ3v) is 3.61. The molecule has 0 amide bonds. The van der Waals surface area contributed by atoms with Crippen LogP contribution in [0.1, 0.15) is 0 Å². The molecule has 1 aromatic carbocycles. The molecule has 2 aromatic rings. The van der Waals surface area contributed by atoms with E-state index in [1.807, 2.05) is 41.9 Å². The SMILES string of the molecule is Cn1c(SCCCl)nnc1-c1ccccc1. The van der Waals surface area contributed by atoms with Crippen molar-refractivity contribution in [1.82, 2.24) is 14.8 Å². The molecule has 84 valence electrons. The van der Waals surface area contributed by atoms with Gasteiger partial charge in [0, 0.05) is 24.2 Å². The lowest BCUT2D eigenvalue weighted by Crippen LogP contribution is -1.95. The van der Waals surface area contributed by atoms with Crippen LogP contribution in [0.3, 0.4) is 0 Å². The lowest BCUT2D eigenvalue weighted by molar-refractivity contribution is 0.794. The van der Waals surface area contributed by atoms with E-state index >= 15 is 0 Å². The van der Waals surface area contributed by atoms with E-state index in [0.29, 0.717) is 5.88 Å². The van der Waals surface area contributed by atoms with Gasteiger partial charge in [0.05, 0.1) is 0 Å². The van der Waals surface area contributed by atoms with Crippen molar-refractivity contribution in [3.05, 3.63) is 30.3 Å². The van der Waals surface area contributed by atoms with Crippen molar-refractivity contribution in [2.24, 2.45) is 7.05 Å². The van der Waals surface area contributed by atoms with E-state index in [2.05, 4.69) is 10.2 Å². The smallest absolute Gasteiger partial charge is 0.191 e. The zero-order valence-corrected chi connectivity index (χ0v) is 10.5. The van der Waals surface area contributed by atoms with E-state index in [4.69, 9.17) is 11.6 Å². The summed E-state index contributed by atoms with van der Waals surface area (Å²) in [5, 5.41) is 9.24. The number of nitrogens with zero attached hydrogens (tertiary/aromatic N) is 3. The first-order chi connectivity index (χ1) is 7.83. The van der Waals surface area contributed by atoms with Gasteiger partial charge in [-0.15, -0.1) is 21.8 Å². The molecule has 2 rings (SSSR count). The van der Waals surface area contributed by atoms with Gasteiger partial charge in [-0.1, -0.05) is 42.1 Å². The highest BCUT2D eigenvalue weighted by molar-refractivity contribution is 7.99. The van der Waals surface area contributed by atoms with Crippen LogP contribution in [0.25, 0.3) is 11.4 Å². The molecule has 0 N–H and O–H groups in total. The summed E-state index contributed by atoms with van der Waals surface area (Å²) in [6, 6.07) is 10.0. The first-order valence-electron chi connectivity index (χ1n) is 4.96. The molecule has 0 unspecified atom stereocenters. The fourth-order valence-corrected chi connectivity index (χ4v) is 2.28. The number of alkyl halides is 1. The third kappa shape index (κ3) is 2.39. The van der Waals surface area contributed by atoms with Crippen LogP contribution >= 0.6 is 23.4 Å². The average Bonchev–Trinajstić information content (AvgIpc) is 2.69. The van der Waals surface area contributed by atoms with Gasteiger partial charge in [-0.05, 0) is 0 Å². The van der Waals surface area contributed by atoms with Gasteiger partial charge in [-0.25, -0.2) is 0 Å². The third-order valence-electron chi connectivity index (χ3n) is 2.18. The molecule has 0 aliphatic carbocycles. The second-order valence-corrected chi connectivity index (χ2v) is 4.71. The Morgan fingerprint density at radius 3 is 2.69 bits per heavy atom. The number of benzene rings is 1. The molecule has 5 heteroatoms. The van der Waals surface area contributed by atoms with Crippen LogP contribution in [-0.2, 0) is 7.05 Å². The molecule has 3 nitrogen and oxygen atoms in total. The summed E-state index contributed by atoms with van der Waals surface area (Å²) < 4.78 is 1.99. The maximum atomic E-state index is 5.65. The Labute approximate surface area is 104 Å². The number of rotatable bonds is 4. The summed E-state index contributed by atoms with van der Waals surface area (Å²) in [4.78, 5) is 0. The fourth-order valence-electron chi connectivity index (χ4n) is 1.41. The Morgan fingerprint density at radius 1 is 1.25 bits per heavy atom. The molecular formula is C11H12ClN3S. The van der Waals surface area contributed by atoms with Crippen molar-refractivity contribution in [2.75, 3.05) is 11.6 Å². The maximum absolute atomic E-state index is 5.65. The minimum Gasteiger partial charge on any atom is -0.305 e. The lowest BCUT2D eigenvalue weighted by atomic mass is 10.2. The fraction of sp³-hybridized carbons (Fsp3) is 0.273. The van der Waals surface area contributed by atoms with Gasteiger partial charge in [0.2, 0.25) is 0 Å². The van der Waals surface area contributed by atoms with Gasteiger partial charge in [-0.3, -0.25) is 0 Å². The van der Waals surface area contributed by atoms with E-state index < -0.39 is 0 Å². The number of aromatic nitrogens is 3. The van der Waals surface area contributed by atoms with Crippen LogP contribution in [0, 0.1) is 0 Å². The Bertz CT molecular complexity index is 456. The van der Waals surface area contributed by atoms with Gasteiger partial charge in [0.1, 0.15) is 0 Å². The van der Waals surface area contributed by atoms with Gasteiger partial charge in [0.25, 0.3) is 0 Å². The molecule has 16 heavy (non-hydrogen) atoms. The zero-order valence-electron chi connectivity index (χ0n) is 8.93. The molecule has 0 saturated carbocycles. The lowest BCUT2D eigenvalue weighted by Gasteiger charge is -2.02. The highest BCUT2D eigenvalue weighted by Crippen LogP contribution is 2.22. The molecule has 0 spiro atoms. The van der Waals surface area contributed by atoms with E-state index in [-0.39, 0.29) is 0 Å². The van der Waals surface area contributed by atoms with Crippen LogP contribution < -0.4 is 0 Å². The zero-order chi connectivity index (χ0) is 11.4. The number of hydrogen-bond acceptors (Lipinski definition) is 3. The molecule has 1 heterocycles. The summed E-state index contributed by atoms with van der Waals surface area (Å²) in [7, 11) is 1.97. The summed E-state index contributed by atoms with van der Waals surface area (Å²) in [5.74, 6) is 2.36. The largest absolute Gasteiger partial charge is 0.305 e. The van der Waals surface area contributed by atoms with E-state index in [1.54, 1.807) is 11.8 Å². The molecule has 1 aromatic heterocycles. The van der Waals surface area contributed by atoms with Gasteiger partial charge in [0.15, 0.2) is 11.0 Å². The van der Waals surface area contributed by atoms with Crippen LogP contribution in [0.15, 0.2) is 35.5 Å². The van der Waals surface area contributed by atoms with Gasteiger partial charge in [-0.2, -0.15) is 0 Å².